The van der Waals surface area contributed by atoms with Crippen molar-refractivity contribution in [3.63, 3.8) is 0 Å². The van der Waals surface area contributed by atoms with Gasteiger partial charge in [-0.2, -0.15) is 0 Å². The van der Waals surface area contributed by atoms with Crippen molar-refractivity contribution >= 4 is 13.7 Å². The minimum Gasteiger partial charge on any atom is -0.756 e. The third-order valence-corrected chi connectivity index (χ3v) is 6.03. The lowest BCUT2D eigenvalue weighted by molar-refractivity contribution is -0.893. The molecule has 3 unspecified atom stereocenters. The van der Waals surface area contributed by atoms with Gasteiger partial charge in [-0.05, 0) is 12.8 Å². The number of carbonyl (C=O) groups excluding carboxylic acids is 1. The number of nitrogens with one attached hydrogen (secondary N) is 1. The standard InChI is InChI=1S/C22H47N2O6P/c1-5-7-9-10-12-15-20(14-11-8-6-2)22(26)23-16-13-17-24(3,4)18-21(25)19-30-31(27,28)29/h20-21,25H,5-19H2,1-4H3,(H2-,23,26,27,28,29). The van der Waals surface area contributed by atoms with Gasteiger partial charge in [-0.15, -0.1) is 0 Å². The SMILES string of the molecule is CCCCCCCC(CCCCC)C(=O)NCCC[N+](C)(C)CC(O)COP(=O)([O-])O. The lowest BCUT2D eigenvalue weighted by Gasteiger charge is -2.32. The molecule has 31 heavy (non-hydrogen) atoms. The Morgan fingerprint density at radius 3 is 2.16 bits per heavy atom. The first-order valence-electron chi connectivity index (χ1n) is 12.0. The number of phosphoric acid groups is 1. The van der Waals surface area contributed by atoms with Crippen LogP contribution in [0.5, 0.6) is 0 Å². The van der Waals surface area contributed by atoms with Crippen LogP contribution in [-0.2, 0) is 13.9 Å². The summed E-state index contributed by atoms with van der Waals surface area (Å²) in [4.78, 5) is 31.9. The van der Waals surface area contributed by atoms with Crippen LogP contribution in [0.4, 0.5) is 0 Å². The fourth-order valence-electron chi connectivity index (χ4n) is 3.80. The summed E-state index contributed by atoms with van der Waals surface area (Å²) in [5.41, 5.74) is 0. The number of aliphatic hydroxyl groups is 1. The molecule has 1 amide bonds. The van der Waals surface area contributed by atoms with Gasteiger partial charge >= 0.3 is 0 Å². The average Bonchev–Trinajstić information content (AvgIpc) is 2.67. The van der Waals surface area contributed by atoms with Crippen molar-refractivity contribution in [1.82, 2.24) is 5.32 Å². The van der Waals surface area contributed by atoms with Crippen LogP contribution in [0.25, 0.3) is 0 Å². The van der Waals surface area contributed by atoms with Crippen molar-refractivity contribution in [2.75, 3.05) is 40.3 Å². The van der Waals surface area contributed by atoms with Gasteiger partial charge in [0.1, 0.15) is 12.6 Å². The summed E-state index contributed by atoms with van der Waals surface area (Å²) >= 11 is 0. The molecule has 0 aromatic rings. The molecule has 186 valence electrons. The molecular formula is C22H47N2O6P. The topological polar surface area (TPSA) is 119 Å². The molecule has 0 saturated carbocycles. The van der Waals surface area contributed by atoms with E-state index in [1.807, 2.05) is 14.1 Å². The molecule has 0 aliphatic rings. The molecule has 0 aromatic carbocycles. The Labute approximate surface area is 189 Å². The van der Waals surface area contributed by atoms with E-state index in [0.29, 0.717) is 17.6 Å². The zero-order valence-corrected chi connectivity index (χ0v) is 21.1. The van der Waals surface area contributed by atoms with Gasteiger partial charge in [-0.25, -0.2) is 0 Å². The molecule has 0 fully saturated rings. The molecular weight excluding hydrogens is 419 g/mol. The van der Waals surface area contributed by atoms with E-state index in [2.05, 4.69) is 23.7 Å². The van der Waals surface area contributed by atoms with Gasteiger partial charge in [0.2, 0.25) is 5.91 Å². The van der Waals surface area contributed by atoms with Crippen molar-refractivity contribution < 1.29 is 33.3 Å². The van der Waals surface area contributed by atoms with E-state index in [1.165, 1.54) is 25.7 Å². The van der Waals surface area contributed by atoms with Crippen molar-refractivity contribution in [3.8, 4) is 0 Å². The predicted molar refractivity (Wildman–Crippen MR) is 122 cm³/mol. The number of unbranched alkanes of at least 4 members (excludes halogenated alkanes) is 6. The monoisotopic (exact) mass is 466 g/mol. The number of likely N-dealkylation sites (N-methyl/N-ethyl adjacent to an activating group) is 1. The molecule has 0 heterocycles. The van der Waals surface area contributed by atoms with Gasteiger partial charge in [-0.1, -0.05) is 65.2 Å². The zero-order valence-electron chi connectivity index (χ0n) is 20.2. The molecule has 0 radical (unpaired) electrons. The maximum atomic E-state index is 12.7. The first kappa shape index (κ1) is 30.5. The normalized spacial score (nSPS) is 16.0. The van der Waals surface area contributed by atoms with E-state index in [4.69, 9.17) is 4.89 Å². The van der Waals surface area contributed by atoms with Crippen molar-refractivity contribution in [3.05, 3.63) is 0 Å². The van der Waals surface area contributed by atoms with E-state index in [1.54, 1.807) is 0 Å². The molecule has 0 saturated heterocycles. The Morgan fingerprint density at radius 2 is 1.58 bits per heavy atom. The van der Waals surface area contributed by atoms with Gasteiger partial charge in [-0.3, -0.25) is 9.36 Å². The first-order valence-corrected chi connectivity index (χ1v) is 13.5. The predicted octanol–water partition coefficient (Wildman–Crippen LogP) is 2.96. The molecule has 0 aliphatic heterocycles. The van der Waals surface area contributed by atoms with E-state index in [0.717, 1.165) is 44.9 Å². The Hall–Kier alpha value is -0.500. The lowest BCUT2D eigenvalue weighted by Crippen LogP contribution is -2.48. The molecule has 0 rings (SSSR count). The van der Waals surface area contributed by atoms with Crippen LogP contribution in [0.15, 0.2) is 0 Å². The van der Waals surface area contributed by atoms with Crippen LogP contribution >= 0.6 is 7.82 Å². The molecule has 3 N–H and O–H groups in total. The molecule has 9 heteroatoms. The second-order valence-electron chi connectivity index (χ2n) is 9.30. The van der Waals surface area contributed by atoms with Gasteiger partial charge < -0.3 is 29.2 Å². The summed E-state index contributed by atoms with van der Waals surface area (Å²) in [6, 6.07) is 0. The number of phosphoric ester groups is 1. The summed E-state index contributed by atoms with van der Waals surface area (Å²) in [5, 5.41) is 13.0. The molecule has 0 spiro atoms. The van der Waals surface area contributed by atoms with Gasteiger partial charge in [0, 0.05) is 18.9 Å². The summed E-state index contributed by atoms with van der Waals surface area (Å²) in [7, 11) is -0.978. The number of quaternary nitrogens is 1. The van der Waals surface area contributed by atoms with Crippen LogP contribution in [0.1, 0.15) is 84.5 Å². The van der Waals surface area contributed by atoms with Crippen LogP contribution in [0.3, 0.4) is 0 Å². The Balaban J connectivity index is 4.29. The molecule has 0 aliphatic carbocycles. The number of hydrogen-bond acceptors (Lipinski definition) is 5. The first-order chi connectivity index (χ1) is 14.5. The lowest BCUT2D eigenvalue weighted by atomic mass is 9.93. The summed E-state index contributed by atoms with van der Waals surface area (Å²) < 4.78 is 15.3. The Bertz CT molecular complexity index is 512. The van der Waals surface area contributed by atoms with E-state index < -0.39 is 20.5 Å². The van der Waals surface area contributed by atoms with Crippen LogP contribution in [-0.4, -0.2) is 66.8 Å². The number of nitrogens with zero attached hydrogens (tertiary/aromatic N) is 1. The van der Waals surface area contributed by atoms with Gasteiger partial charge in [0.25, 0.3) is 7.82 Å². The highest BCUT2D eigenvalue weighted by atomic mass is 31.2. The highest BCUT2D eigenvalue weighted by Crippen LogP contribution is 2.30. The van der Waals surface area contributed by atoms with Crippen LogP contribution in [0.2, 0.25) is 0 Å². The quantitative estimate of drug-likeness (QED) is 0.144. The molecule has 3 atom stereocenters. The van der Waals surface area contributed by atoms with Crippen LogP contribution in [0, 0.1) is 5.92 Å². The van der Waals surface area contributed by atoms with Crippen LogP contribution < -0.4 is 10.2 Å². The second kappa shape index (κ2) is 17.0. The maximum Gasteiger partial charge on any atom is 0.265 e. The minimum atomic E-state index is -4.82. The smallest absolute Gasteiger partial charge is 0.265 e. The zero-order chi connectivity index (χ0) is 23.8. The fraction of sp³-hybridized carbons (Fsp3) is 0.955. The number of hydrogen-bond donors (Lipinski definition) is 3. The summed E-state index contributed by atoms with van der Waals surface area (Å²) in [5.74, 6) is 0.246. The minimum absolute atomic E-state index is 0.0934. The van der Waals surface area contributed by atoms with E-state index in [9.17, 15) is 19.4 Å². The number of aliphatic hydroxyl groups excluding tert-OH is 1. The number of rotatable bonds is 20. The van der Waals surface area contributed by atoms with E-state index >= 15 is 0 Å². The average molecular weight is 467 g/mol. The number of carbonyl (C=O) groups is 1. The second-order valence-corrected chi connectivity index (χ2v) is 10.5. The van der Waals surface area contributed by atoms with E-state index in [-0.39, 0.29) is 18.4 Å². The van der Waals surface area contributed by atoms with Gasteiger partial charge in [0.05, 0.1) is 27.2 Å². The van der Waals surface area contributed by atoms with Gasteiger partial charge in [0.15, 0.2) is 0 Å². The third-order valence-electron chi connectivity index (χ3n) is 5.56. The highest BCUT2D eigenvalue weighted by molar-refractivity contribution is 7.44. The number of amides is 1. The largest absolute Gasteiger partial charge is 0.756 e. The van der Waals surface area contributed by atoms with Crippen molar-refractivity contribution in [1.29, 1.82) is 0 Å². The maximum absolute atomic E-state index is 12.7. The Kier molecular flexibility index (Phi) is 16.8. The highest BCUT2D eigenvalue weighted by Gasteiger charge is 2.22. The molecule has 0 bridgehead atoms. The summed E-state index contributed by atoms with van der Waals surface area (Å²) in [6.45, 7) is 5.49. The molecule has 8 nitrogen and oxygen atoms in total. The van der Waals surface area contributed by atoms with Crippen molar-refractivity contribution in [2.24, 2.45) is 5.92 Å². The fourth-order valence-corrected chi connectivity index (χ4v) is 4.16. The Morgan fingerprint density at radius 1 is 1.03 bits per heavy atom. The third kappa shape index (κ3) is 18.7. The van der Waals surface area contributed by atoms with Crippen molar-refractivity contribution in [2.45, 2.75) is 90.6 Å². The summed E-state index contributed by atoms with van der Waals surface area (Å²) in [6.07, 6.45) is 11.1. The molecule has 0 aromatic heterocycles.